The Morgan fingerprint density at radius 1 is 1.15 bits per heavy atom. The standard InChI is InChI=1S/C26H33Cl2NO4/c1-16(33-22-10-8-18(9-11-23(31)32)24(27)25(22)28)21(30)15-29-26(2,3)14-17-12-19-6-4-5-7-20(19)13-17/h4-8,10,16-17,21,29-30H,9,11-15H2,1-3H3,(H,31,32)/t16-,21-/m1/s1. The Morgan fingerprint density at radius 3 is 2.39 bits per heavy atom. The van der Waals surface area contributed by atoms with Crippen LogP contribution in [0.2, 0.25) is 10.0 Å². The summed E-state index contributed by atoms with van der Waals surface area (Å²) in [6, 6.07) is 12.0. The van der Waals surface area contributed by atoms with E-state index in [1.165, 1.54) is 11.1 Å². The van der Waals surface area contributed by atoms with Gasteiger partial charge in [0.05, 0.1) is 5.02 Å². The van der Waals surface area contributed by atoms with Gasteiger partial charge in [-0.15, -0.1) is 0 Å². The summed E-state index contributed by atoms with van der Waals surface area (Å²) in [6.45, 7) is 6.51. The van der Waals surface area contributed by atoms with Crippen LogP contribution in [0.25, 0.3) is 0 Å². The summed E-state index contributed by atoms with van der Waals surface area (Å²) in [6.07, 6.45) is 2.23. The quantitative estimate of drug-likeness (QED) is 0.395. The van der Waals surface area contributed by atoms with Gasteiger partial charge in [0.15, 0.2) is 0 Å². The minimum atomic E-state index is -0.896. The fraction of sp³-hybridized carbons (Fsp3) is 0.500. The van der Waals surface area contributed by atoms with Gasteiger partial charge in [-0.2, -0.15) is 0 Å². The summed E-state index contributed by atoms with van der Waals surface area (Å²) in [7, 11) is 0. The number of β-amino-alcohol motifs (C(OH)–C–C–N with tert-alkyl or cyclic N) is 1. The van der Waals surface area contributed by atoms with E-state index in [-0.39, 0.29) is 28.4 Å². The van der Waals surface area contributed by atoms with Crippen molar-refractivity contribution in [1.29, 1.82) is 0 Å². The summed E-state index contributed by atoms with van der Waals surface area (Å²) in [4.78, 5) is 10.8. The van der Waals surface area contributed by atoms with Crippen molar-refractivity contribution in [2.24, 2.45) is 5.92 Å². The molecule has 180 valence electrons. The van der Waals surface area contributed by atoms with Crippen LogP contribution in [0.1, 0.15) is 50.3 Å². The zero-order valence-electron chi connectivity index (χ0n) is 19.4. The molecule has 0 saturated carbocycles. The van der Waals surface area contributed by atoms with E-state index in [0.29, 0.717) is 23.8 Å². The molecule has 0 unspecified atom stereocenters. The number of nitrogens with one attached hydrogen (secondary N) is 1. The number of aliphatic carboxylic acids is 1. The van der Waals surface area contributed by atoms with Gasteiger partial charge in [0.25, 0.3) is 0 Å². The lowest BCUT2D eigenvalue weighted by Gasteiger charge is -2.32. The molecular formula is C26H33Cl2NO4. The average Bonchev–Trinajstić information content (AvgIpc) is 3.16. The maximum absolute atomic E-state index is 10.8. The first-order valence-electron chi connectivity index (χ1n) is 11.4. The molecule has 0 heterocycles. The zero-order valence-corrected chi connectivity index (χ0v) is 20.9. The van der Waals surface area contributed by atoms with Crippen LogP contribution in [0, 0.1) is 5.92 Å². The zero-order chi connectivity index (χ0) is 24.2. The lowest BCUT2D eigenvalue weighted by atomic mass is 9.88. The van der Waals surface area contributed by atoms with Crippen molar-refractivity contribution >= 4 is 29.2 Å². The van der Waals surface area contributed by atoms with Gasteiger partial charge in [-0.25, -0.2) is 0 Å². The molecule has 33 heavy (non-hydrogen) atoms. The van der Waals surface area contributed by atoms with E-state index in [0.717, 1.165) is 19.3 Å². The molecule has 0 aromatic heterocycles. The summed E-state index contributed by atoms with van der Waals surface area (Å²) in [5.41, 5.74) is 3.43. The number of aliphatic hydroxyl groups is 1. The lowest BCUT2D eigenvalue weighted by molar-refractivity contribution is -0.136. The highest BCUT2D eigenvalue weighted by Gasteiger charge is 2.29. The second kappa shape index (κ2) is 11.1. The Balaban J connectivity index is 1.50. The molecule has 0 bridgehead atoms. The highest BCUT2D eigenvalue weighted by Crippen LogP contribution is 2.36. The van der Waals surface area contributed by atoms with Gasteiger partial charge in [0, 0.05) is 18.5 Å². The monoisotopic (exact) mass is 493 g/mol. The van der Waals surface area contributed by atoms with Crippen LogP contribution < -0.4 is 10.1 Å². The molecule has 2 aromatic rings. The van der Waals surface area contributed by atoms with Crippen LogP contribution in [0.4, 0.5) is 0 Å². The van der Waals surface area contributed by atoms with Crippen molar-refractivity contribution in [1.82, 2.24) is 5.32 Å². The van der Waals surface area contributed by atoms with Gasteiger partial charge < -0.3 is 20.3 Å². The maximum Gasteiger partial charge on any atom is 0.303 e. The minimum Gasteiger partial charge on any atom is -0.486 e. The number of fused-ring (bicyclic) bond motifs is 1. The lowest BCUT2D eigenvalue weighted by Crippen LogP contribution is -2.48. The molecular weight excluding hydrogens is 461 g/mol. The Bertz CT molecular complexity index is 954. The fourth-order valence-corrected chi connectivity index (χ4v) is 4.99. The number of ether oxygens (including phenoxy) is 1. The third kappa shape index (κ3) is 7.10. The Labute approximate surface area is 206 Å². The molecule has 3 rings (SSSR count). The van der Waals surface area contributed by atoms with Crippen LogP contribution in [-0.2, 0) is 24.1 Å². The number of carbonyl (C=O) groups is 1. The van der Waals surface area contributed by atoms with Crippen LogP contribution in [0.5, 0.6) is 5.75 Å². The molecule has 2 aromatic carbocycles. The molecule has 1 aliphatic carbocycles. The van der Waals surface area contributed by atoms with Gasteiger partial charge >= 0.3 is 5.97 Å². The van der Waals surface area contributed by atoms with Crippen molar-refractivity contribution in [3.8, 4) is 5.75 Å². The van der Waals surface area contributed by atoms with Crippen LogP contribution in [0.3, 0.4) is 0 Å². The molecule has 0 fully saturated rings. The number of hydrogen-bond donors (Lipinski definition) is 3. The summed E-state index contributed by atoms with van der Waals surface area (Å²) >= 11 is 12.6. The number of carboxylic acid groups (broad SMARTS) is 1. The highest BCUT2D eigenvalue weighted by atomic mass is 35.5. The van der Waals surface area contributed by atoms with Crippen molar-refractivity contribution in [2.45, 2.75) is 70.6 Å². The highest BCUT2D eigenvalue weighted by molar-refractivity contribution is 6.43. The second-order valence-electron chi connectivity index (χ2n) is 9.65. The van der Waals surface area contributed by atoms with Crippen molar-refractivity contribution in [3.05, 3.63) is 63.1 Å². The molecule has 3 N–H and O–H groups in total. The number of aryl methyl sites for hydroxylation is 1. The number of hydrogen-bond acceptors (Lipinski definition) is 4. The van der Waals surface area contributed by atoms with Crippen LogP contribution >= 0.6 is 23.2 Å². The van der Waals surface area contributed by atoms with Crippen LogP contribution in [-0.4, -0.2) is 40.5 Å². The molecule has 0 saturated heterocycles. The predicted octanol–water partition coefficient (Wildman–Crippen LogP) is 5.31. The molecule has 0 amide bonds. The molecule has 0 spiro atoms. The fourth-order valence-electron chi connectivity index (χ4n) is 4.51. The van der Waals surface area contributed by atoms with Gasteiger partial charge in [0.1, 0.15) is 23.0 Å². The SMILES string of the molecule is C[C@@H](Oc1ccc(CCC(=O)O)c(Cl)c1Cl)[C@H](O)CNC(C)(C)CC1Cc2ccccc2C1. The summed E-state index contributed by atoms with van der Waals surface area (Å²) in [5, 5.41) is 23.6. The average molecular weight is 494 g/mol. The van der Waals surface area contributed by atoms with E-state index in [1.54, 1.807) is 19.1 Å². The number of carboxylic acids is 1. The van der Waals surface area contributed by atoms with Gasteiger partial charge in [-0.3, -0.25) is 4.79 Å². The van der Waals surface area contributed by atoms with E-state index in [9.17, 15) is 9.90 Å². The molecule has 5 nitrogen and oxygen atoms in total. The first-order chi connectivity index (χ1) is 15.6. The number of halogens is 2. The second-order valence-corrected chi connectivity index (χ2v) is 10.4. The Hall–Kier alpha value is -1.79. The molecule has 2 atom stereocenters. The largest absolute Gasteiger partial charge is 0.486 e. The van der Waals surface area contributed by atoms with E-state index >= 15 is 0 Å². The normalized spacial score (nSPS) is 15.8. The molecule has 0 aliphatic heterocycles. The van der Waals surface area contributed by atoms with Crippen molar-refractivity contribution in [2.75, 3.05) is 6.54 Å². The number of rotatable bonds is 11. The van der Waals surface area contributed by atoms with Gasteiger partial charge in [-0.1, -0.05) is 53.5 Å². The topological polar surface area (TPSA) is 78.8 Å². The van der Waals surface area contributed by atoms with Crippen molar-refractivity contribution in [3.63, 3.8) is 0 Å². The smallest absolute Gasteiger partial charge is 0.303 e. The summed E-state index contributed by atoms with van der Waals surface area (Å²) in [5.74, 6) is 0.0683. The van der Waals surface area contributed by atoms with E-state index in [1.807, 2.05) is 0 Å². The Kier molecular flexibility index (Phi) is 8.68. The Morgan fingerprint density at radius 2 is 1.79 bits per heavy atom. The maximum atomic E-state index is 10.8. The third-order valence-corrected chi connectivity index (χ3v) is 7.22. The number of aliphatic hydroxyl groups excluding tert-OH is 1. The van der Waals surface area contributed by atoms with Crippen molar-refractivity contribution < 1.29 is 19.7 Å². The molecule has 1 aliphatic rings. The molecule has 7 heteroatoms. The van der Waals surface area contributed by atoms with Crippen LogP contribution in [0.15, 0.2) is 36.4 Å². The number of benzene rings is 2. The third-order valence-electron chi connectivity index (χ3n) is 6.31. The van der Waals surface area contributed by atoms with Gasteiger partial charge in [0.2, 0.25) is 0 Å². The molecule has 0 radical (unpaired) electrons. The van der Waals surface area contributed by atoms with E-state index < -0.39 is 18.2 Å². The minimum absolute atomic E-state index is 0.0280. The summed E-state index contributed by atoms with van der Waals surface area (Å²) < 4.78 is 5.89. The predicted molar refractivity (Wildman–Crippen MR) is 133 cm³/mol. The van der Waals surface area contributed by atoms with Gasteiger partial charge in [-0.05, 0) is 75.1 Å². The first kappa shape index (κ1) is 25.8. The van der Waals surface area contributed by atoms with E-state index in [4.69, 9.17) is 33.0 Å². The first-order valence-corrected chi connectivity index (χ1v) is 12.2. The van der Waals surface area contributed by atoms with E-state index in [2.05, 4.69) is 43.4 Å².